The lowest BCUT2D eigenvalue weighted by Gasteiger charge is -2.08. The Morgan fingerprint density at radius 2 is 2.12 bits per heavy atom. The van der Waals surface area contributed by atoms with Crippen molar-refractivity contribution in [1.29, 1.82) is 0 Å². The summed E-state index contributed by atoms with van der Waals surface area (Å²) in [5, 5.41) is 30.3. The highest BCUT2D eigenvalue weighted by Gasteiger charge is 2.17. The van der Waals surface area contributed by atoms with E-state index in [0.29, 0.717) is 28.1 Å². The van der Waals surface area contributed by atoms with Gasteiger partial charge in [-0.3, -0.25) is 10.1 Å². The smallest absolute Gasteiger partial charge is 0.287 e. The van der Waals surface area contributed by atoms with Crippen LogP contribution in [-0.4, -0.2) is 29.8 Å². The highest BCUT2D eigenvalue weighted by molar-refractivity contribution is 9.10. The fraction of sp³-hybridized carbons (Fsp3) is 0.133. The lowest BCUT2D eigenvalue weighted by Crippen LogP contribution is -2.00. The Morgan fingerprint density at radius 3 is 2.76 bits per heavy atom. The third kappa shape index (κ3) is 3.64. The molecule has 10 heteroatoms. The number of nitrogens with zero attached hydrogens (tertiary/aromatic N) is 5. The summed E-state index contributed by atoms with van der Waals surface area (Å²) in [5.74, 6) is 0.640. The van der Waals surface area contributed by atoms with Gasteiger partial charge in [0.1, 0.15) is 17.0 Å². The molecule has 1 aromatic carbocycles. The Morgan fingerprint density at radius 1 is 1.32 bits per heavy atom. The van der Waals surface area contributed by atoms with Crippen LogP contribution in [0.1, 0.15) is 6.92 Å². The summed E-state index contributed by atoms with van der Waals surface area (Å²) in [7, 11) is 0. The Kier molecular flexibility index (Phi) is 5.00. The van der Waals surface area contributed by atoms with Crippen molar-refractivity contribution in [2.24, 2.45) is 0 Å². The summed E-state index contributed by atoms with van der Waals surface area (Å²) >= 11 is 4.63. The first kappa shape index (κ1) is 17.4. The van der Waals surface area contributed by atoms with Crippen LogP contribution < -0.4 is 0 Å². The predicted octanol–water partition coefficient (Wildman–Crippen LogP) is 3.89. The maximum Gasteiger partial charge on any atom is 0.287 e. The topological polar surface area (TPSA) is 107 Å². The van der Waals surface area contributed by atoms with Gasteiger partial charge in [-0.05, 0) is 43.0 Å². The summed E-state index contributed by atoms with van der Waals surface area (Å²) < 4.78 is 2.66. The van der Waals surface area contributed by atoms with Gasteiger partial charge in [-0.15, -0.1) is 10.2 Å². The van der Waals surface area contributed by atoms with E-state index in [-0.39, 0.29) is 11.4 Å². The number of pyridine rings is 1. The molecule has 25 heavy (non-hydrogen) atoms. The third-order valence-corrected chi connectivity index (χ3v) is 4.79. The van der Waals surface area contributed by atoms with Crippen LogP contribution in [0.5, 0.6) is 5.75 Å². The first-order valence-electron chi connectivity index (χ1n) is 7.20. The molecule has 0 aliphatic heterocycles. The van der Waals surface area contributed by atoms with Crippen LogP contribution in [-0.2, 0) is 6.54 Å². The zero-order valence-corrected chi connectivity index (χ0v) is 15.4. The number of benzene rings is 1. The highest BCUT2D eigenvalue weighted by Crippen LogP contribution is 2.34. The van der Waals surface area contributed by atoms with Crippen molar-refractivity contribution in [1.82, 2.24) is 19.7 Å². The fourth-order valence-electron chi connectivity index (χ4n) is 2.17. The van der Waals surface area contributed by atoms with E-state index in [9.17, 15) is 15.2 Å². The van der Waals surface area contributed by atoms with E-state index in [0.717, 1.165) is 4.47 Å². The number of rotatable bonds is 5. The second-order valence-electron chi connectivity index (χ2n) is 4.93. The van der Waals surface area contributed by atoms with Crippen LogP contribution in [0.2, 0.25) is 0 Å². The van der Waals surface area contributed by atoms with Gasteiger partial charge >= 0.3 is 0 Å². The molecule has 0 atom stereocenters. The normalized spacial score (nSPS) is 10.8. The predicted molar refractivity (Wildman–Crippen MR) is 95.5 cm³/mol. The molecule has 0 saturated carbocycles. The minimum atomic E-state index is -0.496. The average molecular weight is 422 g/mol. The fourth-order valence-corrected chi connectivity index (χ4v) is 3.37. The number of nitro groups is 1. The molecule has 3 rings (SSSR count). The molecule has 0 fully saturated rings. The molecule has 0 radical (unpaired) electrons. The van der Waals surface area contributed by atoms with E-state index in [1.807, 2.05) is 11.5 Å². The number of aromatic hydroxyl groups is 1. The first-order chi connectivity index (χ1) is 12.0. The molecule has 0 saturated heterocycles. The number of aromatic nitrogens is 4. The highest BCUT2D eigenvalue weighted by atomic mass is 79.9. The number of phenolic OH excluding ortho intramolecular Hbond substituents is 1. The number of halogens is 1. The third-order valence-electron chi connectivity index (χ3n) is 3.36. The van der Waals surface area contributed by atoms with E-state index in [1.165, 1.54) is 24.0 Å². The first-order valence-corrected chi connectivity index (χ1v) is 8.81. The molecule has 0 unspecified atom stereocenters. The van der Waals surface area contributed by atoms with Crippen LogP contribution in [0, 0.1) is 10.1 Å². The van der Waals surface area contributed by atoms with Gasteiger partial charge < -0.3 is 9.67 Å². The summed E-state index contributed by atoms with van der Waals surface area (Å²) in [6.07, 6.45) is 1.20. The van der Waals surface area contributed by atoms with E-state index < -0.39 is 4.92 Å². The molecule has 2 heterocycles. The Hall–Kier alpha value is -2.46. The van der Waals surface area contributed by atoms with E-state index in [1.54, 1.807) is 24.3 Å². The molecule has 1 N–H and O–H groups in total. The van der Waals surface area contributed by atoms with E-state index >= 15 is 0 Å². The minimum Gasteiger partial charge on any atom is -0.507 e. The molecule has 0 spiro atoms. The van der Waals surface area contributed by atoms with E-state index in [4.69, 9.17) is 0 Å². The second-order valence-corrected chi connectivity index (χ2v) is 6.83. The van der Waals surface area contributed by atoms with Crippen LogP contribution in [0.25, 0.3) is 11.4 Å². The molecule has 8 nitrogen and oxygen atoms in total. The minimum absolute atomic E-state index is 0.0685. The molecular weight excluding hydrogens is 410 g/mol. The van der Waals surface area contributed by atoms with Crippen LogP contribution in [0.15, 0.2) is 51.2 Å². The molecule has 0 aliphatic rings. The zero-order valence-electron chi connectivity index (χ0n) is 13.0. The van der Waals surface area contributed by atoms with Gasteiger partial charge in [0, 0.05) is 17.1 Å². The Balaban J connectivity index is 1.94. The van der Waals surface area contributed by atoms with Gasteiger partial charge in [0.05, 0.1) is 10.5 Å². The molecule has 2 aromatic heterocycles. The molecule has 128 valence electrons. The maximum absolute atomic E-state index is 10.7. The van der Waals surface area contributed by atoms with Gasteiger partial charge in [0.25, 0.3) is 5.69 Å². The van der Waals surface area contributed by atoms with Crippen molar-refractivity contribution >= 4 is 33.4 Å². The van der Waals surface area contributed by atoms with Crippen LogP contribution in [0.3, 0.4) is 0 Å². The average Bonchev–Trinajstić information content (AvgIpc) is 3.00. The van der Waals surface area contributed by atoms with Gasteiger partial charge in [0.15, 0.2) is 11.0 Å². The molecule has 3 aromatic rings. The van der Waals surface area contributed by atoms with Crippen molar-refractivity contribution in [3.8, 4) is 17.1 Å². The van der Waals surface area contributed by atoms with Gasteiger partial charge in [-0.2, -0.15) is 0 Å². The monoisotopic (exact) mass is 421 g/mol. The lowest BCUT2D eigenvalue weighted by atomic mass is 10.2. The van der Waals surface area contributed by atoms with Gasteiger partial charge in [0.2, 0.25) is 0 Å². The molecular formula is C15H12BrN5O3S. The van der Waals surface area contributed by atoms with E-state index in [2.05, 4.69) is 31.1 Å². The van der Waals surface area contributed by atoms with Crippen molar-refractivity contribution in [2.75, 3.05) is 0 Å². The quantitative estimate of drug-likeness (QED) is 0.491. The van der Waals surface area contributed by atoms with Crippen LogP contribution >= 0.6 is 27.7 Å². The second kappa shape index (κ2) is 7.19. The molecule has 0 aliphatic carbocycles. The van der Waals surface area contributed by atoms with Gasteiger partial charge in [-0.25, -0.2) is 4.98 Å². The number of phenols is 1. The Labute approximate surface area is 155 Å². The SMILES string of the molecule is CCn1c(Sc2ccc([N+](=O)[O-])cn2)nnc1-c1cc(Br)ccc1O. The van der Waals surface area contributed by atoms with Crippen molar-refractivity contribution < 1.29 is 10.0 Å². The summed E-state index contributed by atoms with van der Waals surface area (Å²) in [6.45, 7) is 2.53. The number of hydrogen-bond acceptors (Lipinski definition) is 7. The Bertz CT molecular complexity index is 929. The summed E-state index contributed by atoms with van der Waals surface area (Å²) in [4.78, 5) is 14.3. The maximum atomic E-state index is 10.7. The van der Waals surface area contributed by atoms with Crippen molar-refractivity contribution in [2.45, 2.75) is 23.7 Å². The molecule has 0 amide bonds. The lowest BCUT2D eigenvalue weighted by molar-refractivity contribution is -0.385. The number of hydrogen-bond donors (Lipinski definition) is 1. The van der Waals surface area contributed by atoms with Gasteiger partial charge in [-0.1, -0.05) is 15.9 Å². The summed E-state index contributed by atoms with van der Waals surface area (Å²) in [5.41, 5.74) is 0.494. The largest absolute Gasteiger partial charge is 0.507 e. The van der Waals surface area contributed by atoms with Crippen LogP contribution in [0.4, 0.5) is 5.69 Å². The standard InChI is InChI=1S/C15H12BrN5O3S/c1-2-20-14(11-7-9(16)3-5-12(11)22)18-19-15(20)25-13-6-4-10(8-17-13)21(23)24/h3-8,22H,2H2,1H3. The van der Waals surface area contributed by atoms with Crippen molar-refractivity contribution in [3.05, 3.63) is 51.1 Å². The zero-order chi connectivity index (χ0) is 18.0. The molecule has 0 bridgehead atoms. The summed E-state index contributed by atoms with van der Waals surface area (Å²) in [6, 6.07) is 8.04. The van der Waals surface area contributed by atoms with Crippen molar-refractivity contribution in [3.63, 3.8) is 0 Å².